The summed E-state index contributed by atoms with van der Waals surface area (Å²) in [6, 6.07) is 0. The Balaban J connectivity index is 2.34. The molecule has 2 heterocycles. The Bertz CT molecular complexity index is 645. The van der Waals surface area contributed by atoms with E-state index in [1.807, 2.05) is 0 Å². The summed E-state index contributed by atoms with van der Waals surface area (Å²) in [5, 5.41) is 10.4. The minimum absolute atomic E-state index is 0.00129. The van der Waals surface area contributed by atoms with Crippen LogP contribution in [0.5, 0.6) is 0 Å². The number of nitrogens with one attached hydrogen (secondary N) is 1. The van der Waals surface area contributed by atoms with Crippen molar-refractivity contribution < 1.29 is 8.42 Å². The maximum absolute atomic E-state index is 11.9. The van der Waals surface area contributed by atoms with Crippen LogP contribution < -0.4 is 4.72 Å². The highest BCUT2D eigenvalue weighted by molar-refractivity contribution is 7.92. The van der Waals surface area contributed by atoms with Gasteiger partial charge in [0.05, 0.1) is 13.4 Å². The van der Waals surface area contributed by atoms with Gasteiger partial charge in [-0.25, -0.2) is 9.71 Å². The molecule has 0 spiro atoms. The molecule has 0 atom stereocenters. The van der Waals surface area contributed by atoms with Gasteiger partial charge in [-0.3, -0.25) is 0 Å². The lowest BCUT2D eigenvalue weighted by molar-refractivity contribution is 0.597. The Labute approximate surface area is 101 Å². The van der Waals surface area contributed by atoms with Gasteiger partial charge in [-0.05, 0) is 5.21 Å². The van der Waals surface area contributed by atoms with E-state index in [0.29, 0.717) is 0 Å². The van der Waals surface area contributed by atoms with E-state index in [2.05, 4.69) is 25.1 Å². The van der Waals surface area contributed by atoms with E-state index in [-0.39, 0.29) is 16.1 Å². The standard InChI is InChI=1S/C6H8ClN7O2S/c1-13-3-8-5(4(13)7)17(15,16)11-6-9-12-14(2)10-6/h3H,1-2H3,(H,10,11). The monoisotopic (exact) mass is 277 g/mol. The Morgan fingerprint density at radius 3 is 2.59 bits per heavy atom. The quantitative estimate of drug-likeness (QED) is 0.802. The Morgan fingerprint density at radius 1 is 1.41 bits per heavy atom. The molecule has 0 fully saturated rings. The number of anilines is 1. The van der Waals surface area contributed by atoms with Gasteiger partial charge in [-0.2, -0.15) is 13.2 Å². The number of aryl methyl sites for hydroxylation is 2. The van der Waals surface area contributed by atoms with E-state index < -0.39 is 10.0 Å². The van der Waals surface area contributed by atoms with Crippen molar-refractivity contribution in [2.24, 2.45) is 14.1 Å². The average Bonchev–Trinajstić information content (AvgIpc) is 2.75. The molecule has 0 unspecified atom stereocenters. The summed E-state index contributed by atoms with van der Waals surface area (Å²) < 4.78 is 27.2. The van der Waals surface area contributed by atoms with Crippen molar-refractivity contribution in [2.75, 3.05) is 4.72 Å². The van der Waals surface area contributed by atoms with Gasteiger partial charge in [0, 0.05) is 7.05 Å². The number of sulfonamides is 1. The van der Waals surface area contributed by atoms with Crippen LogP contribution in [-0.4, -0.2) is 38.2 Å². The topological polar surface area (TPSA) is 108 Å². The van der Waals surface area contributed by atoms with Gasteiger partial charge in [-0.15, -0.1) is 5.10 Å². The summed E-state index contributed by atoms with van der Waals surface area (Å²) >= 11 is 5.78. The van der Waals surface area contributed by atoms with Gasteiger partial charge in [0.2, 0.25) is 5.03 Å². The van der Waals surface area contributed by atoms with Crippen molar-refractivity contribution in [1.82, 2.24) is 29.8 Å². The molecule has 11 heteroatoms. The van der Waals surface area contributed by atoms with Crippen LogP contribution in [0.3, 0.4) is 0 Å². The van der Waals surface area contributed by atoms with Crippen LogP contribution in [0.4, 0.5) is 5.95 Å². The number of hydrogen-bond acceptors (Lipinski definition) is 6. The van der Waals surface area contributed by atoms with E-state index in [1.165, 1.54) is 17.9 Å². The van der Waals surface area contributed by atoms with Gasteiger partial charge in [0.1, 0.15) is 5.15 Å². The lowest BCUT2D eigenvalue weighted by Crippen LogP contribution is -2.15. The Hall–Kier alpha value is -1.68. The molecule has 0 saturated carbocycles. The molecule has 0 amide bonds. The largest absolute Gasteiger partial charge is 0.324 e. The Kier molecular flexibility index (Phi) is 2.75. The minimum Gasteiger partial charge on any atom is -0.324 e. The smallest absolute Gasteiger partial charge is 0.284 e. The second-order valence-corrected chi connectivity index (χ2v) is 5.12. The zero-order valence-electron chi connectivity index (χ0n) is 8.86. The second-order valence-electron chi connectivity index (χ2n) is 3.16. The van der Waals surface area contributed by atoms with Gasteiger partial charge < -0.3 is 4.57 Å². The fourth-order valence-corrected chi connectivity index (χ4v) is 2.44. The first-order valence-corrected chi connectivity index (χ1v) is 6.20. The fourth-order valence-electron chi connectivity index (χ4n) is 1.07. The van der Waals surface area contributed by atoms with E-state index >= 15 is 0 Å². The normalized spacial score (nSPS) is 11.7. The molecule has 9 nitrogen and oxygen atoms in total. The molecule has 0 radical (unpaired) electrons. The van der Waals surface area contributed by atoms with Gasteiger partial charge >= 0.3 is 0 Å². The summed E-state index contributed by atoms with van der Waals surface area (Å²) in [6.45, 7) is 0. The molecule has 1 N–H and O–H groups in total. The molecule has 92 valence electrons. The first kappa shape index (κ1) is 11.8. The number of rotatable bonds is 3. The maximum Gasteiger partial charge on any atom is 0.284 e. The molecule has 2 aromatic rings. The molecular weight excluding hydrogens is 270 g/mol. The minimum atomic E-state index is -3.90. The predicted molar refractivity (Wildman–Crippen MR) is 57.8 cm³/mol. The van der Waals surface area contributed by atoms with Gasteiger partial charge in [0.25, 0.3) is 16.0 Å². The summed E-state index contributed by atoms with van der Waals surface area (Å²) in [5.74, 6) is -0.144. The first-order chi connectivity index (χ1) is 7.90. The van der Waals surface area contributed by atoms with Crippen molar-refractivity contribution in [1.29, 1.82) is 0 Å². The first-order valence-electron chi connectivity index (χ1n) is 4.34. The van der Waals surface area contributed by atoms with Crippen molar-refractivity contribution in [2.45, 2.75) is 5.03 Å². The van der Waals surface area contributed by atoms with Crippen molar-refractivity contribution in [3.8, 4) is 0 Å². The van der Waals surface area contributed by atoms with Gasteiger partial charge in [-0.1, -0.05) is 16.7 Å². The highest BCUT2D eigenvalue weighted by atomic mass is 35.5. The Morgan fingerprint density at radius 2 is 2.12 bits per heavy atom. The van der Waals surface area contributed by atoms with Crippen LogP contribution in [0, 0.1) is 0 Å². The highest BCUT2D eigenvalue weighted by Gasteiger charge is 2.23. The molecule has 0 bridgehead atoms. The fraction of sp³-hybridized carbons (Fsp3) is 0.333. The third-order valence-corrected chi connectivity index (χ3v) is 3.64. The van der Waals surface area contributed by atoms with Crippen LogP contribution in [0.25, 0.3) is 0 Å². The molecule has 17 heavy (non-hydrogen) atoms. The van der Waals surface area contributed by atoms with E-state index in [4.69, 9.17) is 11.6 Å². The number of imidazole rings is 1. The summed E-state index contributed by atoms with van der Waals surface area (Å²) in [6.07, 6.45) is 1.29. The zero-order valence-corrected chi connectivity index (χ0v) is 10.4. The number of aromatic nitrogens is 6. The molecule has 2 aromatic heterocycles. The molecule has 0 aromatic carbocycles. The third-order valence-electron chi connectivity index (χ3n) is 1.82. The number of hydrogen-bond donors (Lipinski definition) is 1. The molecular formula is C6H8ClN7O2S. The van der Waals surface area contributed by atoms with Crippen molar-refractivity contribution >= 4 is 27.6 Å². The lowest BCUT2D eigenvalue weighted by Gasteiger charge is -2.01. The van der Waals surface area contributed by atoms with Crippen LogP contribution in [-0.2, 0) is 24.1 Å². The third kappa shape index (κ3) is 2.22. The van der Waals surface area contributed by atoms with Crippen LogP contribution >= 0.6 is 11.6 Å². The second kappa shape index (κ2) is 3.96. The van der Waals surface area contributed by atoms with Crippen LogP contribution in [0.2, 0.25) is 5.15 Å². The number of nitrogens with zero attached hydrogens (tertiary/aromatic N) is 6. The van der Waals surface area contributed by atoms with Crippen molar-refractivity contribution in [3.63, 3.8) is 0 Å². The van der Waals surface area contributed by atoms with Crippen LogP contribution in [0.15, 0.2) is 11.4 Å². The number of tetrazole rings is 1. The summed E-state index contributed by atoms with van der Waals surface area (Å²) in [5.41, 5.74) is 0. The summed E-state index contributed by atoms with van der Waals surface area (Å²) in [4.78, 5) is 4.81. The molecule has 0 aliphatic rings. The molecule has 0 aliphatic heterocycles. The van der Waals surface area contributed by atoms with Crippen LogP contribution in [0.1, 0.15) is 0 Å². The van der Waals surface area contributed by atoms with E-state index in [9.17, 15) is 8.42 Å². The maximum atomic E-state index is 11.9. The molecule has 0 saturated heterocycles. The summed E-state index contributed by atoms with van der Waals surface area (Å²) in [7, 11) is -0.811. The van der Waals surface area contributed by atoms with Crippen molar-refractivity contribution in [3.05, 3.63) is 11.5 Å². The molecule has 0 aliphatic carbocycles. The molecule has 2 rings (SSSR count). The SMILES string of the molecule is Cn1nnc(NS(=O)(=O)c2ncn(C)c2Cl)n1. The van der Waals surface area contributed by atoms with E-state index in [0.717, 1.165) is 4.80 Å². The predicted octanol–water partition coefficient (Wildman–Crippen LogP) is -0.602. The highest BCUT2D eigenvalue weighted by Crippen LogP contribution is 2.19. The zero-order chi connectivity index (χ0) is 12.6. The number of halogens is 1. The van der Waals surface area contributed by atoms with Gasteiger partial charge in [0.15, 0.2) is 0 Å². The lowest BCUT2D eigenvalue weighted by atomic mass is 10.9. The van der Waals surface area contributed by atoms with E-state index in [1.54, 1.807) is 7.05 Å². The average molecular weight is 278 g/mol.